The van der Waals surface area contributed by atoms with Gasteiger partial charge in [-0.05, 0) is 111 Å². The number of aliphatic hydroxyl groups excluding tert-OH is 1. The standard InChI is InChI=1S/C31H52O/c1-20(2)21(3)10-11-22(4)23-14-18-31(9)25-12-13-26-28(5,6)27(32)16-17-29(26,7)24(25)15-19-30(23,31)8/h13,21-25,27,32H,1,10-12,14-19H2,2-9H3. The van der Waals surface area contributed by atoms with Gasteiger partial charge in [-0.15, -0.1) is 0 Å². The monoisotopic (exact) mass is 440 g/mol. The molecule has 1 nitrogen and oxygen atoms in total. The highest BCUT2D eigenvalue weighted by atomic mass is 16.3. The smallest absolute Gasteiger partial charge is 0.0628 e. The maximum absolute atomic E-state index is 10.8. The Hall–Kier alpha value is -0.560. The molecule has 3 fully saturated rings. The molecule has 0 amide bonds. The third kappa shape index (κ3) is 3.34. The number of aliphatic hydroxyl groups is 1. The van der Waals surface area contributed by atoms with Crippen LogP contribution in [0.5, 0.6) is 0 Å². The zero-order valence-electron chi connectivity index (χ0n) is 22.6. The predicted molar refractivity (Wildman–Crippen MR) is 137 cm³/mol. The first-order valence-electron chi connectivity index (χ1n) is 13.8. The van der Waals surface area contributed by atoms with E-state index >= 15 is 0 Å². The molecule has 0 aromatic carbocycles. The Morgan fingerprint density at radius 1 is 0.969 bits per heavy atom. The predicted octanol–water partition coefficient (Wildman–Crippen LogP) is 8.58. The molecule has 0 aliphatic heterocycles. The third-order valence-electron chi connectivity index (χ3n) is 12.4. The average molecular weight is 441 g/mol. The Morgan fingerprint density at radius 3 is 2.28 bits per heavy atom. The van der Waals surface area contributed by atoms with Crippen molar-refractivity contribution < 1.29 is 5.11 Å². The number of hydrogen-bond donors (Lipinski definition) is 1. The van der Waals surface area contributed by atoms with Gasteiger partial charge in [0.05, 0.1) is 6.10 Å². The van der Waals surface area contributed by atoms with Crippen molar-refractivity contribution in [2.45, 2.75) is 119 Å². The molecular weight excluding hydrogens is 388 g/mol. The lowest BCUT2D eigenvalue weighted by Crippen LogP contribution is -2.58. The Kier molecular flexibility index (Phi) is 6.14. The summed E-state index contributed by atoms with van der Waals surface area (Å²) < 4.78 is 0. The number of rotatable bonds is 5. The van der Waals surface area contributed by atoms with Crippen LogP contribution in [0.15, 0.2) is 23.8 Å². The van der Waals surface area contributed by atoms with Gasteiger partial charge in [-0.1, -0.05) is 72.3 Å². The van der Waals surface area contributed by atoms with Gasteiger partial charge in [0, 0.05) is 5.41 Å². The van der Waals surface area contributed by atoms with E-state index in [0.29, 0.717) is 16.7 Å². The molecule has 182 valence electrons. The van der Waals surface area contributed by atoms with E-state index in [0.717, 1.165) is 30.1 Å². The van der Waals surface area contributed by atoms with E-state index < -0.39 is 0 Å². The molecular formula is C31H52O. The quantitative estimate of drug-likeness (QED) is 0.424. The van der Waals surface area contributed by atoms with Crippen molar-refractivity contribution in [2.75, 3.05) is 0 Å². The van der Waals surface area contributed by atoms with Gasteiger partial charge in [-0.25, -0.2) is 0 Å². The molecule has 0 aromatic rings. The van der Waals surface area contributed by atoms with Crippen LogP contribution in [0.2, 0.25) is 0 Å². The molecule has 0 heterocycles. The summed E-state index contributed by atoms with van der Waals surface area (Å²) in [7, 11) is 0. The van der Waals surface area contributed by atoms with Crippen LogP contribution in [-0.4, -0.2) is 11.2 Å². The zero-order chi connectivity index (χ0) is 23.7. The van der Waals surface area contributed by atoms with E-state index in [1.807, 2.05) is 0 Å². The topological polar surface area (TPSA) is 20.2 Å². The van der Waals surface area contributed by atoms with Gasteiger partial charge in [0.25, 0.3) is 0 Å². The molecule has 4 aliphatic rings. The molecule has 4 aliphatic carbocycles. The van der Waals surface area contributed by atoms with Crippen molar-refractivity contribution in [3.05, 3.63) is 23.8 Å². The molecule has 1 N–H and O–H groups in total. The lowest BCUT2D eigenvalue weighted by Gasteiger charge is -2.64. The molecule has 1 heteroatoms. The first-order valence-corrected chi connectivity index (χ1v) is 13.8. The lowest BCUT2D eigenvalue weighted by atomic mass is 9.40. The van der Waals surface area contributed by atoms with Gasteiger partial charge in [0.2, 0.25) is 0 Å². The minimum absolute atomic E-state index is 0.0632. The summed E-state index contributed by atoms with van der Waals surface area (Å²) >= 11 is 0. The van der Waals surface area contributed by atoms with Crippen LogP contribution in [0.3, 0.4) is 0 Å². The molecule has 9 atom stereocenters. The van der Waals surface area contributed by atoms with Crippen molar-refractivity contribution in [3.8, 4) is 0 Å². The van der Waals surface area contributed by atoms with Crippen LogP contribution in [0.1, 0.15) is 113 Å². The molecule has 3 saturated carbocycles. The van der Waals surface area contributed by atoms with Gasteiger partial charge in [-0.3, -0.25) is 0 Å². The maximum Gasteiger partial charge on any atom is 0.0628 e. The van der Waals surface area contributed by atoms with E-state index in [1.54, 1.807) is 5.57 Å². The van der Waals surface area contributed by atoms with Gasteiger partial charge < -0.3 is 5.11 Å². The molecule has 4 rings (SSSR count). The van der Waals surface area contributed by atoms with E-state index in [2.05, 4.69) is 68.0 Å². The third-order valence-corrected chi connectivity index (χ3v) is 12.4. The van der Waals surface area contributed by atoms with Crippen LogP contribution >= 0.6 is 0 Å². The second-order valence-electron chi connectivity index (χ2n) is 14.1. The summed E-state index contributed by atoms with van der Waals surface area (Å²) in [6.07, 6.45) is 14.1. The summed E-state index contributed by atoms with van der Waals surface area (Å²) in [6, 6.07) is 0. The maximum atomic E-state index is 10.8. The van der Waals surface area contributed by atoms with Crippen molar-refractivity contribution in [3.63, 3.8) is 0 Å². The second-order valence-corrected chi connectivity index (χ2v) is 14.1. The van der Waals surface area contributed by atoms with Crippen molar-refractivity contribution in [2.24, 2.45) is 51.2 Å². The minimum Gasteiger partial charge on any atom is -0.392 e. The molecule has 0 bridgehead atoms. The molecule has 0 spiro atoms. The Morgan fingerprint density at radius 2 is 1.62 bits per heavy atom. The number of fused-ring (bicyclic) bond motifs is 5. The summed E-state index contributed by atoms with van der Waals surface area (Å²) in [6.45, 7) is 23.9. The fourth-order valence-electron chi connectivity index (χ4n) is 9.70. The van der Waals surface area contributed by atoms with Crippen molar-refractivity contribution >= 4 is 0 Å². The van der Waals surface area contributed by atoms with Crippen LogP contribution in [0.25, 0.3) is 0 Å². The van der Waals surface area contributed by atoms with E-state index in [4.69, 9.17) is 0 Å². The van der Waals surface area contributed by atoms with E-state index in [9.17, 15) is 5.11 Å². The zero-order valence-corrected chi connectivity index (χ0v) is 22.6. The van der Waals surface area contributed by atoms with Gasteiger partial charge in [-0.2, -0.15) is 0 Å². The molecule has 0 saturated heterocycles. The summed E-state index contributed by atoms with van der Waals surface area (Å²) in [4.78, 5) is 0. The largest absolute Gasteiger partial charge is 0.392 e. The average Bonchev–Trinajstić information content (AvgIpc) is 3.00. The van der Waals surface area contributed by atoms with Crippen LogP contribution in [0, 0.1) is 51.2 Å². The summed E-state index contributed by atoms with van der Waals surface area (Å²) in [5, 5.41) is 10.8. The first-order chi connectivity index (χ1) is 14.8. The molecule has 32 heavy (non-hydrogen) atoms. The normalized spacial score (nSPS) is 47.0. The first kappa shape index (κ1) is 24.6. The highest BCUT2D eigenvalue weighted by molar-refractivity contribution is 5.32. The molecule has 9 unspecified atom stereocenters. The lowest BCUT2D eigenvalue weighted by molar-refractivity contribution is -0.124. The van der Waals surface area contributed by atoms with Gasteiger partial charge in [0.1, 0.15) is 0 Å². The Bertz CT molecular complexity index is 775. The number of allylic oxidation sites excluding steroid dienone is 2. The van der Waals surface area contributed by atoms with Crippen LogP contribution in [-0.2, 0) is 0 Å². The van der Waals surface area contributed by atoms with Crippen molar-refractivity contribution in [1.29, 1.82) is 0 Å². The molecule has 0 radical (unpaired) electrons. The Labute approximate surface area is 199 Å². The fraction of sp³-hybridized carbons (Fsp3) is 0.871. The SMILES string of the molecule is C=C(C)C(C)CCC(C)C1CCC2(C)C3CC=C4C(C)(C)C(O)CCC4(C)C3CCC12C. The highest BCUT2D eigenvalue weighted by Gasteiger charge is 2.65. The second kappa shape index (κ2) is 8.00. The number of hydrogen-bond acceptors (Lipinski definition) is 1. The highest BCUT2D eigenvalue weighted by Crippen LogP contribution is 2.73. The fourth-order valence-corrected chi connectivity index (χ4v) is 9.70. The van der Waals surface area contributed by atoms with Crippen LogP contribution in [0.4, 0.5) is 0 Å². The molecule has 0 aromatic heterocycles. The van der Waals surface area contributed by atoms with E-state index in [-0.39, 0.29) is 16.9 Å². The van der Waals surface area contributed by atoms with Gasteiger partial charge >= 0.3 is 0 Å². The summed E-state index contributed by atoms with van der Waals surface area (Å²) in [5.41, 5.74) is 4.10. The van der Waals surface area contributed by atoms with Crippen molar-refractivity contribution in [1.82, 2.24) is 0 Å². The minimum atomic E-state index is -0.180. The van der Waals surface area contributed by atoms with Gasteiger partial charge in [0.15, 0.2) is 0 Å². The van der Waals surface area contributed by atoms with Crippen LogP contribution < -0.4 is 0 Å². The Balaban J connectivity index is 1.59. The summed E-state index contributed by atoms with van der Waals surface area (Å²) in [5.74, 6) is 3.95. The van der Waals surface area contributed by atoms with E-state index in [1.165, 1.54) is 56.9 Å².